The maximum atomic E-state index is 11.2. The van der Waals surface area contributed by atoms with Crippen LogP contribution in [0.2, 0.25) is 0 Å². The van der Waals surface area contributed by atoms with Gasteiger partial charge in [0.1, 0.15) is 0 Å². The number of fused-ring (bicyclic) bond motifs is 1. The molecule has 1 aliphatic heterocycles. The molecule has 0 amide bonds. The van der Waals surface area contributed by atoms with E-state index in [-0.39, 0.29) is 5.54 Å². The number of nitrogens with zero attached hydrogens (tertiary/aromatic N) is 1. The maximum absolute atomic E-state index is 11.2. The SMILES string of the molecule is CCC(C)(C(O)c1cccc2ccccc12)N1CCCC1. The quantitative estimate of drug-likeness (QED) is 0.911. The van der Waals surface area contributed by atoms with Crippen LogP contribution in [0.3, 0.4) is 0 Å². The molecule has 2 atom stereocenters. The van der Waals surface area contributed by atoms with Crippen LogP contribution in [0.4, 0.5) is 0 Å². The summed E-state index contributed by atoms with van der Waals surface area (Å²) in [6, 6.07) is 14.6. The number of benzene rings is 2. The molecule has 1 saturated heterocycles. The first kappa shape index (κ1) is 14.6. The molecule has 0 bridgehead atoms. The smallest absolute Gasteiger partial charge is 0.0976 e. The predicted octanol–water partition coefficient (Wildman–Crippen LogP) is 4.14. The predicted molar refractivity (Wildman–Crippen MR) is 88.4 cm³/mol. The Morgan fingerprint density at radius 1 is 1.10 bits per heavy atom. The number of aliphatic hydroxyl groups is 1. The van der Waals surface area contributed by atoms with Crippen molar-refractivity contribution in [3.05, 3.63) is 48.0 Å². The van der Waals surface area contributed by atoms with Crippen molar-refractivity contribution in [2.45, 2.75) is 44.8 Å². The van der Waals surface area contributed by atoms with Crippen molar-refractivity contribution in [1.29, 1.82) is 0 Å². The average molecular weight is 283 g/mol. The molecule has 1 fully saturated rings. The van der Waals surface area contributed by atoms with Gasteiger partial charge in [0.05, 0.1) is 6.10 Å². The highest BCUT2D eigenvalue weighted by Gasteiger charge is 2.39. The Morgan fingerprint density at radius 2 is 1.76 bits per heavy atom. The van der Waals surface area contributed by atoms with Gasteiger partial charge in [-0.3, -0.25) is 4.90 Å². The Balaban J connectivity index is 2.04. The van der Waals surface area contributed by atoms with Gasteiger partial charge in [0.25, 0.3) is 0 Å². The van der Waals surface area contributed by atoms with E-state index in [9.17, 15) is 5.11 Å². The molecule has 112 valence electrons. The zero-order valence-corrected chi connectivity index (χ0v) is 13.0. The second kappa shape index (κ2) is 5.78. The lowest BCUT2D eigenvalue weighted by Gasteiger charge is -2.42. The topological polar surface area (TPSA) is 23.5 Å². The molecule has 2 heteroatoms. The van der Waals surface area contributed by atoms with Crippen molar-refractivity contribution in [2.75, 3.05) is 13.1 Å². The Morgan fingerprint density at radius 3 is 2.48 bits per heavy atom. The van der Waals surface area contributed by atoms with Gasteiger partial charge in [0.15, 0.2) is 0 Å². The zero-order chi connectivity index (χ0) is 14.9. The standard InChI is InChI=1S/C19H25NO/c1-3-19(2,20-13-6-7-14-20)18(21)17-12-8-10-15-9-4-5-11-16(15)17/h4-5,8-12,18,21H,3,6-7,13-14H2,1-2H3. The van der Waals surface area contributed by atoms with E-state index in [2.05, 4.69) is 61.2 Å². The summed E-state index contributed by atoms with van der Waals surface area (Å²) in [7, 11) is 0. The van der Waals surface area contributed by atoms with Gasteiger partial charge in [-0.05, 0) is 55.6 Å². The van der Waals surface area contributed by atoms with Crippen molar-refractivity contribution in [2.24, 2.45) is 0 Å². The molecule has 21 heavy (non-hydrogen) atoms. The lowest BCUT2D eigenvalue weighted by atomic mass is 9.83. The minimum Gasteiger partial charge on any atom is -0.386 e. The fourth-order valence-corrected chi connectivity index (χ4v) is 3.64. The van der Waals surface area contributed by atoms with E-state index in [0.29, 0.717) is 0 Å². The Hall–Kier alpha value is -1.38. The lowest BCUT2D eigenvalue weighted by molar-refractivity contribution is -0.0131. The van der Waals surface area contributed by atoms with Crippen molar-refractivity contribution in [3.8, 4) is 0 Å². The Labute approximate surface area is 127 Å². The van der Waals surface area contributed by atoms with Crippen LogP contribution in [0.15, 0.2) is 42.5 Å². The van der Waals surface area contributed by atoms with Crippen molar-refractivity contribution in [3.63, 3.8) is 0 Å². The third kappa shape index (κ3) is 2.47. The van der Waals surface area contributed by atoms with Crippen LogP contribution in [-0.4, -0.2) is 28.6 Å². The summed E-state index contributed by atoms with van der Waals surface area (Å²) in [4.78, 5) is 2.47. The first-order valence-electron chi connectivity index (χ1n) is 8.07. The van der Waals surface area contributed by atoms with E-state index in [4.69, 9.17) is 0 Å². The average Bonchev–Trinajstić information content (AvgIpc) is 3.08. The number of aliphatic hydroxyl groups excluding tert-OH is 1. The van der Waals surface area contributed by atoms with E-state index in [1.54, 1.807) is 0 Å². The van der Waals surface area contributed by atoms with Crippen LogP contribution >= 0.6 is 0 Å². The lowest BCUT2D eigenvalue weighted by Crippen LogP contribution is -2.49. The molecule has 0 radical (unpaired) electrons. The second-order valence-electron chi connectivity index (χ2n) is 6.38. The number of hydrogen-bond acceptors (Lipinski definition) is 2. The fourth-order valence-electron chi connectivity index (χ4n) is 3.64. The van der Waals surface area contributed by atoms with Gasteiger partial charge in [0, 0.05) is 5.54 Å². The summed E-state index contributed by atoms with van der Waals surface area (Å²) >= 11 is 0. The highest BCUT2D eigenvalue weighted by atomic mass is 16.3. The zero-order valence-electron chi connectivity index (χ0n) is 13.0. The van der Waals surface area contributed by atoms with E-state index in [1.165, 1.54) is 23.6 Å². The van der Waals surface area contributed by atoms with E-state index in [0.717, 1.165) is 25.1 Å². The van der Waals surface area contributed by atoms with E-state index in [1.807, 2.05) is 0 Å². The van der Waals surface area contributed by atoms with E-state index >= 15 is 0 Å². The molecule has 0 aliphatic carbocycles. The van der Waals surface area contributed by atoms with Crippen LogP contribution in [0.1, 0.15) is 44.8 Å². The van der Waals surface area contributed by atoms with Gasteiger partial charge < -0.3 is 5.11 Å². The van der Waals surface area contributed by atoms with Gasteiger partial charge >= 0.3 is 0 Å². The minimum atomic E-state index is -0.452. The third-order valence-electron chi connectivity index (χ3n) is 5.25. The summed E-state index contributed by atoms with van der Waals surface area (Å²) in [5, 5.41) is 13.5. The molecule has 0 aromatic heterocycles. The van der Waals surface area contributed by atoms with E-state index < -0.39 is 6.10 Å². The van der Waals surface area contributed by atoms with Crippen LogP contribution in [0.25, 0.3) is 10.8 Å². The van der Waals surface area contributed by atoms with Gasteiger partial charge in [-0.2, -0.15) is 0 Å². The largest absolute Gasteiger partial charge is 0.386 e. The van der Waals surface area contributed by atoms with Gasteiger partial charge in [-0.15, -0.1) is 0 Å². The summed E-state index contributed by atoms with van der Waals surface area (Å²) in [6.45, 7) is 6.61. The van der Waals surface area contributed by atoms with Gasteiger partial charge in [-0.25, -0.2) is 0 Å². The Kier molecular flexibility index (Phi) is 4.01. The molecule has 1 aliphatic rings. The summed E-state index contributed by atoms with van der Waals surface area (Å²) in [5.74, 6) is 0. The Bertz CT molecular complexity index is 612. The van der Waals surface area contributed by atoms with Crippen LogP contribution < -0.4 is 0 Å². The van der Waals surface area contributed by atoms with Crippen LogP contribution in [0, 0.1) is 0 Å². The molecule has 2 aromatic carbocycles. The first-order valence-corrected chi connectivity index (χ1v) is 8.07. The second-order valence-corrected chi connectivity index (χ2v) is 6.38. The number of likely N-dealkylation sites (tertiary alicyclic amines) is 1. The fraction of sp³-hybridized carbons (Fsp3) is 0.474. The molecule has 3 rings (SSSR count). The van der Waals surface area contributed by atoms with Crippen molar-refractivity contribution >= 4 is 10.8 Å². The molecule has 2 nitrogen and oxygen atoms in total. The van der Waals surface area contributed by atoms with Crippen LogP contribution in [0.5, 0.6) is 0 Å². The third-order valence-corrected chi connectivity index (χ3v) is 5.25. The first-order chi connectivity index (χ1) is 10.2. The molecule has 0 spiro atoms. The number of rotatable bonds is 4. The highest BCUT2D eigenvalue weighted by molar-refractivity contribution is 5.86. The van der Waals surface area contributed by atoms with Crippen LogP contribution in [-0.2, 0) is 0 Å². The summed E-state index contributed by atoms with van der Waals surface area (Å²) in [5.41, 5.74) is 0.880. The summed E-state index contributed by atoms with van der Waals surface area (Å²) < 4.78 is 0. The highest BCUT2D eigenvalue weighted by Crippen LogP contribution is 2.38. The molecule has 1 heterocycles. The summed E-state index contributed by atoms with van der Waals surface area (Å²) in [6.07, 6.45) is 3.00. The molecular weight excluding hydrogens is 258 g/mol. The van der Waals surface area contributed by atoms with Gasteiger partial charge in [0.2, 0.25) is 0 Å². The number of hydrogen-bond donors (Lipinski definition) is 1. The van der Waals surface area contributed by atoms with Gasteiger partial charge in [-0.1, -0.05) is 49.4 Å². The van der Waals surface area contributed by atoms with Crippen molar-refractivity contribution < 1.29 is 5.11 Å². The molecule has 1 N–H and O–H groups in total. The molecule has 2 aromatic rings. The molecule has 0 saturated carbocycles. The monoisotopic (exact) mass is 283 g/mol. The maximum Gasteiger partial charge on any atom is 0.0976 e. The normalized spacial score (nSPS) is 20.5. The minimum absolute atomic E-state index is 0.180. The molecule has 2 unspecified atom stereocenters. The van der Waals surface area contributed by atoms with Crippen molar-refractivity contribution in [1.82, 2.24) is 4.90 Å². The molecular formula is C19H25NO.